The fraction of sp³-hybridized carbons (Fsp3) is 0.333. The van der Waals surface area contributed by atoms with Gasteiger partial charge >= 0.3 is 0 Å². The number of amides is 1. The van der Waals surface area contributed by atoms with E-state index in [2.05, 4.69) is 30.4 Å². The van der Waals surface area contributed by atoms with E-state index in [0.29, 0.717) is 25.5 Å². The number of H-pyrrole nitrogens is 1. The molecule has 0 aliphatic carbocycles. The Bertz CT molecular complexity index is 932. The van der Waals surface area contributed by atoms with Gasteiger partial charge in [-0.1, -0.05) is 11.6 Å². The van der Waals surface area contributed by atoms with Crippen LogP contribution in [0.15, 0.2) is 30.6 Å². The van der Waals surface area contributed by atoms with Crippen LogP contribution in [0, 0.1) is 6.92 Å². The lowest BCUT2D eigenvalue weighted by Gasteiger charge is -2.27. The number of aryl methyl sites for hydroxylation is 1. The smallest absolute Gasteiger partial charge is 0.272 e. The van der Waals surface area contributed by atoms with Crippen molar-refractivity contribution >= 4 is 22.6 Å². The molecule has 134 valence electrons. The molecule has 0 unspecified atom stereocenters. The predicted octanol–water partition coefficient (Wildman–Crippen LogP) is 1.43. The number of carbonyl (C=O) groups excluding carboxylic acids is 1. The summed E-state index contributed by atoms with van der Waals surface area (Å²) in [5.41, 5.74) is 3.08. The van der Waals surface area contributed by atoms with E-state index in [1.54, 1.807) is 0 Å². The average Bonchev–Trinajstić information content (AvgIpc) is 3.10. The Morgan fingerprint density at radius 2 is 2.12 bits per heavy atom. The zero-order chi connectivity index (χ0) is 17.9. The minimum Gasteiger partial charge on any atom is -0.378 e. The number of anilines is 1. The number of nitrogens with zero attached hydrogens (tertiary/aromatic N) is 4. The summed E-state index contributed by atoms with van der Waals surface area (Å²) in [5.74, 6) is 0.627. The Morgan fingerprint density at radius 3 is 2.96 bits per heavy atom. The maximum absolute atomic E-state index is 12.5. The second-order valence-corrected chi connectivity index (χ2v) is 6.27. The monoisotopic (exact) mass is 352 g/mol. The van der Waals surface area contributed by atoms with E-state index in [4.69, 9.17) is 4.74 Å². The second kappa shape index (κ2) is 7.09. The molecule has 2 N–H and O–H groups in total. The number of hydrogen-bond donors (Lipinski definition) is 2. The lowest BCUT2D eigenvalue weighted by molar-refractivity contribution is 0.0947. The number of morpholine rings is 1. The summed E-state index contributed by atoms with van der Waals surface area (Å²) in [5, 5.41) is 10.7. The number of ether oxygens (including phenoxy) is 1. The minimum atomic E-state index is -0.228. The van der Waals surface area contributed by atoms with Gasteiger partial charge < -0.3 is 15.0 Å². The van der Waals surface area contributed by atoms with Crippen molar-refractivity contribution in [2.45, 2.75) is 13.5 Å². The highest BCUT2D eigenvalue weighted by molar-refractivity contribution is 6.04. The molecular formula is C18H20N6O2. The molecule has 3 aromatic rings. The Labute approximate surface area is 150 Å². The van der Waals surface area contributed by atoms with Gasteiger partial charge in [0.25, 0.3) is 5.91 Å². The highest BCUT2D eigenvalue weighted by Crippen LogP contribution is 2.18. The van der Waals surface area contributed by atoms with Gasteiger partial charge in [-0.15, -0.1) is 0 Å². The first kappa shape index (κ1) is 16.5. The van der Waals surface area contributed by atoms with E-state index < -0.39 is 0 Å². The third-order valence-corrected chi connectivity index (χ3v) is 4.41. The molecule has 1 aromatic carbocycles. The van der Waals surface area contributed by atoms with E-state index in [9.17, 15) is 4.79 Å². The first-order valence-corrected chi connectivity index (χ1v) is 8.57. The predicted molar refractivity (Wildman–Crippen MR) is 97.1 cm³/mol. The van der Waals surface area contributed by atoms with Gasteiger partial charge in [0.05, 0.1) is 31.0 Å². The molecule has 8 nitrogen and oxygen atoms in total. The third-order valence-electron chi connectivity index (χ3n) is 4.41. The van der Waals surface area contributed by atoms with Gasteiger partial charge in [0, 0.05) is 24.5 Å². The van der Waals surface area contributed by atoms with Crippen molar-refractivity contribution < 1.29 is 9.53 Å². The van der Waals surface area contributed by atoms with Crippen LogP contribution in [0.4, 0.5) is 5.82 Å². The zero-order valence-electron chi connectivity index (χ0n) is 14.5. The van der Waals surface area contributed by atoms with Crippen LogP contribution in [0.3, 0.4) is 0 Å². The summed E-state index contributed by atoms with van der Waals surface area (Å²) in [6.45, 7) is 5.31. The molecule has 4 rings (SSSR count). The van der Waals surface area contributed by atoms with Crippen LogP contribution in [-0.4, -0.2) is 52.4 Å². The Balaban J connectivity index is 1.46. The number of nitrogens with one attached hydrogen (secondary N) is 2. The SMILES string of the molecule is Cc1ccc2[nH]nc(C(=O)NCc3cc(N4CCOCC4)ncn3)c2c1. The zero-order valence-corrected chi connectivity index (χ0v) is 14.5. The number of hydrogen-bond acceptors (Lipinski definition) is 6. The van der Waals surface area contributed by atoms with E-state index in [1.807, 2.05) is 31.2 Å². The molecule has 1 aliphatic rings. The molecule has 1 saturated heterocycles. The Morgan fingerprint density at radius 1 is 1.27 bits per heavy atom. The molecule has 1 amide bonds. The summed E-state index contributed by atoms with van der Waals surface area (Å²) in [4.78, 5) is 23.3. The van der Waals surface area contributed by atoms with Crippen molar-refractivity contribution in [1.82, 2.24) is 25.5 Å². The molecule has 0 spiro atoms. The van der Waals surface area contributed by atoms with Crippen molar-refractivity contribution in [2.75, 3.05) is 31.2 Å². The van der Waals surface area contributed by atoms with E-state index >= 15 is 0 Å². The van der Waals surface area contributed by atoms with Crippen LogP contribution in [0.5, 0.6) is 0 Å². The first-order chi connectivity index (χ1) is 12.7. The number of fused-ring (bicyclic) bond motifs is 1. The number of aromatic nitrogens is 4. The highest BCUT2D eigenvalue weighted by Gasteiger charge is 2.16. The number of benzene rings is 1. The molecule has 2 aromatic heterocycles. The molecule has 0 saturated carbocycles. The molecule has 1 fully saturated rings. The van der Waals surface area contributed by atoms with E-state index in [-0.39, 0.29) is 5.91 Å². The average molecular weight is 352 g/mol. The van der Waals surface area contributed by atoms with E-state index in [1.165, 1.54) is 6.33 Å². The van der Waals surface area contributed by atoms with Gasteiger partial charge in [-0.3, -0.25) is 9.89 Å². The van der Waals surface area contributed by atoms with Crippen molar-refractivity contribution in [2.24, 2.45) is 0 Å². The number of aromatic amines is 1. The van der Waals surface area contributed by atoms with Gasteiger partial charge in [-0.2, -0.15) is 5.10 Å². The maximum atomic E-state index is 12.5. The summed E-state index contributed by atoms with van der Waals surface area (Å²) in [6, 6.07) is 7.76. The van der Waals surface area contributed by atoms with Gasteiger partial charge in [0.15, 0.2) is 5.69 Å². The first-order valence-electron chi connectivity index (χ1n) is 8.57. The molecule has 1 aliphatic heterocycles. The lowest BCUT2D eigenvalue weighted by Crippen LogP contribution is -2.37. The van der Waals surface area contributed by atoms with Gasteiger partial charge in [-0.05, 0) is 19.1 Å². The van der Waals surface area contributed by atoms with Gasteiger partial charge in [0.1, 0.15) is 12.1 Å². The van der Waals surface area contributed by atoms with Crippen LogP contribution >= 0.6 is 0 Å². The number of rotatable bonds is 4. The van der Waals surface area contributed by atoms with Crippen LogP contribution in [-0.2, 0) is 11.3 Å². The molecule has 0 bridgehead atoms. The van der Waals surface area contributed by atoms with Crippen LogP contribution in [0.25, 0.3) is 10.9 Å². The molecule has 0 atom stereocenters. The Hall–Kier alpha value is -3.00. The highest BCUT2D eigenvalue weighted by atomic mass is 16.5. The van der Waals surface area contributed by atoms with Gasteiger partial charge in [0.2, 0.25) is 0 Å². The minimum absolute atomic E-state index is 0.228. The lowest BCUT2D eigenvalue weighted by atomic mass is 10.1. The quantitative estimate of drug-likeness (QED) is 0.737. The molecule has 26 heavy (non-hydrogen) atoms. The standard InChI is InChI=1S/C18H20N6O2/c1-12-2-3-15-14(8-12)17(23-22-15)18(25)19-10-13-9-16(21-11-20-13)24-4-6-26-7-5-24/h2-3,8-9,11H,4-7,10H2,1H3,(H,19,25)(H,22,23). The molecule has 0 radical (unpaired) electrons. The van der Waals surface area contributed by atoms with Crippen molar-refractivity contribution in [3.63, 3.8) is 0 Å². The van der Waals surface area contributed by atoms with Crippen LogP contribution < -0.4 is 10.2 Å². The normalized spacial score (nSPS) is 14.6. The summed E-state index contributed by atoms with van der Waals surface area (Å²) in [6.07, 6.45) is 1.53. The van der Waals surface area contributed by atoms with Crippen LogP contribution in [0.1, 0.15) is 21.7 Å². The summed E-state index contributed by atoms with van der Waals surface area (Å²) in [7, 11) is 0. The fourth-order valence-corrected chi connectivity index (χ4v) is 3.00. The second-order valence-electron chi connectivity index (χ2n) is 6.27. The maximum Gasteiger partial charge on any atom is 0.272 e. The molecule has 3 heterocycles. The molecular weight excluding hydrogens is 332 g/mol. The third kappa shape index (κ3) is 3.36. The van der Waals surface area contributed by atoms with Crippen molar-refractivity contribution in [1.29, 1.82) is 0 Å². The van der Waals surface area contributed by atoms with Crippen molar-refractivity contribution in [3.05, 3.63) is 47.5 Å². The van der Waals surface area contributed by atoms with E-state index in [0.717, 1.165) is 41.1 Å². The number of carbonyl (C=O) groups is 1. The topological polar surface area (TPSA) is 96.0 Å². The largest absolute Gasteiger partial charge is 0.378 e. The van der Waals surface area contributed by atoms with Crippen LogP contribution in [0.2, 0.25) is 0 Å². The fourth-order valence-electron chi connectivity index (χ4n) is 3.00. The van der Waals surface area contributed by atoms with Crippen molar-refractivity contribution in [3.8, 4) is 0 Å². The molecule has 8 heteroatoms. The van der Waals surface area contributed by atoms with Gasteiger partial charge in [-0.25, -0.2) is 9.97 Å². The Kier molecular flexibility index (Phi) is 4.49. The summed E-state index contributed by atoms with van der Waals surface area (Å²) >= 11 is 0. The summed E-state index contributed by atoms with van der Waals surface area (Å²) < 4.78 is 5.36.